The van der Waals surface area contributed by atoms with Crippen LogP contribution in [0.4, 0.5) is 13.2 Å². The van der Waals surface area contributed by atoms with Crippen molar-refractivity contribution in [3.05, 3.63) is 71.8 Å². The summed E-state index contributed by atoms with van der Waals surface area (Å²) in [5.41, 5.74) is 0.230. The predicted molar refractivity (Wildman–Crippen MR) is 150 cm³/mol. The molecule has 212 valence electrons. The fourth-order valence-corrected chi connectivity index (χ4v) is 4.65. The first-order chi connectivity index (χ1) is 18.7. The molecule has 0 aliphatic heterocycles. The molecule has 0 unspecified atom stereocenters. The van der Waals surface area contributed by atoms with Crippen LogP contribution < -0.4 is 18.9 Å². The van der Waals surface area contributed by atoms with Crippen molar-refractivity contribution in [1.29, 1.82) is 0 Å². The van der Waals surface area contributed by atoms with Crippen molar-refractivity contribution in [3.8, 4) is 40.1 Å². The van der Waals surface area contributed by atoms with Gasteiger partial charge in [0.05, 0.1) is 45.4 Å². The number of Topliss-reactive ketones (excluding diaryl/α,β-unsaturated/α-hetero) is 1. The van der Waals surface area contributed by atoms with Crippen LogP contribution in [0, 0.1) is 0 Å². The number of carbonyl (C=O) groups excluding carboxylic acids is 1. The number of carbonyl (C=O) groups is 1. The second-order valence-corrected chi connectivity index (χ2v) is 8.99. The molecule has 0 spiro atoms. The van der Waals surface area contributed by atoms with Gasteiger partial charge >= 0.3 is 6.18 Å². The minimum absolute atomic E-state index is 0. The third kappa shape index (κ3) is 6.53. The molecule has 1 aromatic heterocycles. The minimum atomic E-state index is -4.56. The fourth-order valence-electron chi connectivity index (χ4n) is 3.80. The van der Waals surface area contributed by atoms with Gasteiger partial charge in [0.2, 0.25) is 5.75 Å². The van der Waals surface area contributed by atoms with Gasteiger partial charge in [0.1, 0.15) is 5.75 Å². The van der Waals surface area contributed by atoms with Gasteiger partial charge in [-0.2, -0.15) is 13.2 Å². The summed E-state index contributed by atoms with van der Waals surface area (Å²) in [6.07, 6.45) is -4.56. The first-order valence-electron chi connectivity index (χ1n) is 11.4. The Labute approximate surface area is 243 Å². The fraction of sp³-hybridized carbons (Fsp3) is 0.222. The maximum absolute atomic E-state index is 13.6. The van der Waals surface area contributed by atoms with Crippen LogP contribution in [-0.2, 0) is 6.18 Å². The summed E-state index contributed by atoms with van der Waals surface area (Å²) in [5.74, 6) is 1.60. The average Bonchev–Trinajstić information content (AvgIpc) is 3.38. The van der Waals surface area contributed by atoms with E-state index in [2.05, 4.69) is 10.2 Å². The van der Waals surface area contributed by atoms with Crippen LogP contribution in [0.5, 0.6) is 23.0 Å². The number of ketones is 1. The van der Waals surface area contributed by atoms with Crippen molar-refractivity contribution in [1.82, 2.24) is 14.8 Å². The van der Waals surface area contributed by atoms with E-state index >= 15 is 0 Å². The van der Waals surface area contributed by atoms with E-state index in [0.717, 1.165) is 23.9 Å². The quantitative estimate of drug-likeness (QED) is 0.143. The summed E-state index contributed by atoms with van der Waals surface area (Å²) >= 11 is 1.05. The number of methoxy groups -OCH3 is 4. The number of aromatic nitrogens is 3. The molecule has 0 bridgehead atoms. The summed E-state index contributed by atoms with van der Waals surface area (Å²) in [6.45, 7) is 0. The molecule has 4 rings (SSSR count). The summed E-state index contributed by atoms with van der Waals surface area (Å²) < 4.78 is 63.5. The van der Waals surface area contributed by atoms with Crippen LogP contribution in [0.2, 0.25) is 0 Å². The van der Waals surface area contributed by atoms with Crippen molar-refractivity contribution in [2.45, 2.75) is 11.3 Å². The molecule has 3 aromatic carbocycles. The molecule has 8 nitrogen and oxygen atoms in total. The maximum atomic E-state index is 13.6. The van der Waals surface area contributed by atoms with Crippen LogP contribution in [0.3, 0.4) is 0 Å². The van der Waals surface area contributed by atoms with Gasteiger partial charge in [-0.3, -0.25) is 9.36 Å². The Balaban J connectivity index is 0.00000441. The first-order valence-corrected chi connectivity index (χ1v) is 12.4. The van der Waals surface area contributed by atoms with E-state index in [9.17, 15) is 18.0 Å². The van der Waals surface area contributed by atoms with Gasteiger partial charge in [-0.1, -0.05) is 17.8 Å². The normalized spacial score (nSPS) is 11.0. The van der Waals surface area contributed by atoms with Crippen LogP contribution in [-0.4, -0.2) is 54.7 Å². The number of ether oxygens (including phenoxy) is 4. The first kappa shape index (κ1) is 30.8. The molecule has 13 heteroatoms. The summed E-state index contributed by atoms with van der Waals surface area (Å²) in [6, 6.07) is 14.6. The Hall–Kier alpha value is -3.71. The van der Waals surface area contributed by atoms with Gasteiger partial charge in [0, 0.05) is 11.1 Å². The van der Waals surface area contributed by atoms with Gasteiger partial charge in [-0.25, -0.2) is 0 Å². The number of hydrogen-bond acceptors (Lipinski definition) is 8. The molecule has 4 aromatic rings. The molecule has 40 heavy (non-hydrogen) atoms. The SMILES string of the molecule is Br.COc1ccc(C(=O)CSc2nnc(-c3cc(OC)c(OC)c(OC)c3)n2-c2cccc(C(F)(F)F)c2)cc1. The molecule has 0 amide bonds. The number of rotatable bonds is 10. The summed E-state index contributed by atoms with van der Waals surface area (Å²) in [5, 5.41) is 8.70. The number of benzene rings is 3. The van der Waals surface area contributed by atoms with Crippen molar-refractivity contribution in [2.75, 3.05) is 34.2 Å². The predicted octanol–water partition coefficient (Wildman–Crippen LogP) is 6.54. The lowest BCUT2D eigenvalue weighted by Gasteiger charge is -2.16. The highest BCUT2D eigenvalue weighted by Gasteiger charge is 2.31. The van der Waals surface area contributed by atoms with E-state index in [-0.39, 0.29) is 45.2 Å². The lowest BCUT2D eigenvalue weighted by molar-refractivity contribution is -0.137. The van der Waals surface area contributed by atoms with E-state index in [1.165, 1.54) is 45.1 Å². The van der Waals surface area contributed by atoms with Crippen molar-refractivity contribution < 1.29 is 36.9 Å². The molecule has 0 radical (unpaired) electrons. The molecular weight excluding hydrogens is 615 g/mol. The Bertz CT molecular complexity index is 1450. The monoisotopic (exact) mass is 639 g/mol. The van der Waals surface area contributed by atoms with Gasteiger partial charge < -0.3 is 18.9 Å². The topological polar surface area (TPSA) is 84.7 Å². The molecular formula is C27H25BrF3N3O5S. The van der Waals surface area contributed by atoms with Gasteiger partial charge in [0.25, 0.3) is 0 Å². The van der Waals surface area contributed by atoms with Crippen LogP contribution in [0.15, 0.2) is 65.8 Å². The summed E-state index contributed by atoms with van der Waals surface area (Å²) in [4.78, 5) is 12.9. The van der Waals surface area contributed by atoms with E-state index < -0.39 is 11.7 Å². The summed E-state index contributed by atoms with van der Waals surface area (Å²) in [7, 11) is 5.88. The molecule has 0 saturated heterocycles. The van der Waals surface area contributed by atoms with Crippen LogP contribution in [0.1, 0.15) is 15.9 Å². The molecule has 0 fully saturated rings. The van der Waals surface area contributed by atoms with Gasteiger partial charge in [-0.15, -0.1) is 27.2 Å². The largest absolute Gasteiger partial charge is 0.497 e. The third-order valence-corrected chi connectivity index (χ3v) is 6.66. The lowest BCUT2D eigenvalue weighted by Crippen LogP contribution is -2.08. The Morgan fingerprint density at radius 1 is 0.875 bits per heavy atom. The molecule has 1 heterocycles. The van der Waals surface area contributed by atoms with Gasteiger partial charge in [0.15, 0.2) is 28.3 Å². The Morgan fingerprint density at radius 2 is 1.52 bits per heavy atom. The zero-order valence-corrected chi connectivity index (χ0v) is 24.3. The second kappa shape index (κ2) is 13.1. The minimum Gasteiger partial charge on any atom is -0.497 e. The van der Waals surface area contributed by atoms with Crippen molar-refractivity contribution in [2.24, 2.45) is 0 Å². The highest BCUT2D eigenvalue weighted by molar-refractivity contribution is 8.93. The highest BCUT2D eigenvalue weighted by Crippen LogP contribution is 2.42. The zero-order chi connectivity index (χ0) is 28.2. The van der Waals surface area contributed by atoms with E-state index in [1.54, 1.807) is 36.4 Å². The van der Waals surface area contributed by atoms with Crippen molar-refractivity contribution in [3.63, 3.8) is 0 Å². The van der Waals surface area contributed by atoms with Crippen molar-refractivity contribution >= 4 is 34.5 Å². The van der Waals surface area contributed by atoms with Crippen LogP contribution in [0.25, 0.3) is 17.1 Å². The molecule has 0 saturated carbocycles. The zero-order valence-electron chi connectivity index (χ0n) is 21.8. The number of hydrogen-bond donors (Lipinski definition) is 0. The van der Waals surface area contributed by atoms with E-state index in [1.807, 2.05) is 0 Å². The number of halogens is 4. The standard InChI is InChI=1S/C27H24F3N3O5S.BrH/c1-35-20-10-8-16(9-11-20)21(34)15-39-26-32-31-25(17-12-22(36-2)24(38-4)23(13-17)37-3)33(26)19-7-5-6-18(14-19)27(28,29)30;/h5-14H,15H2,1-4H3;1H. The average molecular weight is 640 g/mol. The number of nitrogens with zero attached hydrogens (tertiary/aromatic N) is 3. The molecule has 0 aliphatic rings. The smallest absolute Gasteiger partial charge is 0.416 e. The second-order valence-electron chi connectivity index (χ2n) is 8.04. The van der Waals surface area contributed by atoms with E-state index in [4.69, 9.17) is 18.9 Å². The van der Waals surface area contributed by atoms with E-state index in [0.29, 0.717) is 34.1 Å². The maximum Gasteiger partial charge on any atom is 0.416 e. The number of alkyl halides is 3. The highest BCUT2D eigenvalue weighted by atomic mass is 79.9. The lowest BCUT2D eigenvalue weighted by atomic mass is 10.1. The molecule has 0 atom stereocenters. The molecule has 0 aliphatic carbocycles. The Kier molecular flexibility index (Phi) is 10.1. The molecule has 0 N–H and O–H groups in total. The number of thioether (sulfide) groups is 1. The third-order valence-electron chi connectivity index (χ3n) is 5.73. The van der Waals surface area contributed by atoms with Gasteiger partial charge in [-0.05, 0) is 54.6 Å². The van der Waals surface area contributed by atoms with Crippen LogP contribution >= 0.6 is 28.7 Å². The Morgan fingerprint density at radius 3 is 2.08 bits per heavy atom.